The third-order valence-electron chi connectivity index (χ3n) is 2.47. The molecule has 2 rings (SSSR count). The molecule has 0 atom stereocenters. The number of hydrogen-bond acceptors (Lipinski definition) is 4. The Morgan fingerprint density at radius 2 is 2.17 bits per heavy atom. The van der Waals surface area contributed by atoms with Crippen LogP contribution in [-0.2, 0) is 6.54 Å². The molecule has 94 valence electrons. The second-order valence-electron chi connectivity index (χ2n) is 3.88. The summed E-state index contributed by atoms with van der Waals surface area (Å²) in [6.45, 7) is 0.535. The summed E-state index contributed by atoms with van der Waals surface area (Å²) in [6.07, 6.45) is 1.40. The number of rotatable bonds is 3. The highest BCUT2D eigenvalue weighted by atomic mass is 79.9. The lowest BCUT2D eigenvalue weighted by molar-refractivity contribution is 0.625. The number of hydrogen-bond donors (Lipinski definition) is 1. The number of aromatic nitrogens is 2. The highest BCUT2D eigenvalue weighted by Crippen LogP contribution is 2.27. The predicted octanol–water partition coefficient (Wildman–Crippen LogP) is 2.60. The van der Waals surface area contributed by atoms with Crippen LogP contribution in [0.3, 0.4) is 0 Å². The lowest BCUT2D eigenvalue weighted by Gasteiger charge is -2.19. The summed E-state index contributed by atoms with van der Waals surface area (Å²) in [5, 5.41) is 0. The van der Waals surface area contributed by atoms with Crippen molar-refractivity contribution in [3.05, 3.63) is 46.4 Å². The number of nitrogen functional groups attached to an aromatic ring is 1. The minimum atomic E-state index is -0.248. The van der Waals surface area contributed by atoms with Crippen molar-refractivity contribution in [3.8, 4) is 0 Å². The molecule has 4 nitrogen and oxygen atoms in total. The molecule has 6 heteroatoms. The van der Waals surface area contributed by atoms with Crippen LogP contribution in [0.5, 0.6) is 0 Å². The van der Waals surface area contributed by atoms with Gasteiger partial charge in [0.05, 0.1) is 0 Å². The largest absolute Gasteiger partial charge is 0.383 e. The van der Waals surface area contributed by atoms with Gasteiger partial charge in [-0.05, 0) is 33.6 Å². The van der Waals surface area contributed by atoms with Crippen molar-refractivity contribution in [3.63, 3.8) is 0 Å². The van der Waals surface area contributed by atoms with Crippen LogP contribution in [-0.4, -0.2) is 17.0 Å². The molecule has 0 radical (unpaired) electrons. The van der Waals surface area contributed by atoms with Crippen LogP contribution in [0.1, 0.15) is 5.56 Å². The lowest BCUT2D eigenvalue weighted by atomic mass is 10.2. The van der Waals surface area contributed by atoms with Gasteiger partial charge in [0.25, 0.3) is 0 Å². The van der Waals surface area contributed by atoms with E-state index in [-0.39, 0.29) is 5.82 Å². The Bertz CT molecular complexity index is 562. The van der Waals surface area contributed by atoms with Gasteiger partial charge >= 0.3 is 0 Å². The number of nitrogens with zero attached hydrogens (tertiary/aromatic N) is 3. The molecular formula is C12H12BrFN4. The molecule has 0 aliphatic heterocycles. The van der Waals surface area contributed by atoms with Crippen LogP contribution >= 0.6 is 15.9 Å². The van der Waals surface area contributed by atoms with Gasteiger partial charge in [-0.3, -0.25) is 0 Å². The van der Waals surface area contributed by atoms with Crippen LogP contribution < -0.4 is 10.6 Å². The Labute approximate surface area is 113 Å². The normalized spacial score (nSPS) is 10.4. The lowest BCUT2D eigenvalue weighted by Crippen LogP contribution is -2.19. The monoisotopic (exact) mass is 310 g/mol. The molecule has 0 amide bonds. The van der Waals surface area contributed by atoms with E-state index in [0.717, 1.165) is 5.56 Å². The first kappa shape index (κ1) is 12.8. The van der Waals surface area contributed by atoms with Gasteiger partial charge in [-0.15, -0.1) is 0 Å². The van der Waals surface area contributed by atoms with Crippen LogP contribution in [0.2, 0.25) is 0 Å². The van der Waals surface area contributed by atoms with Crippen molar-refractivity contribution in [2.24, 2.45) is 0 Å². The molecule has 0 unspecified atom stereocenters. The fourth-order valence-electron chi connectivity index (χ4n) is 1.62. The van der Waals surface area contributed by atoms with Gasteiger partial charge in [-0.2, -0.15) is 0 Å². The van der Waals surface area contributed by atoms with E-state index in [0.29, 0.717) is 22.7 Å². The summed E-state index contributed by atoms with van der Waals surface area (Å²) >= 11 is 3.34. The third kappa shape index (κ3) is 2.76. The molecule has 0 aliphatic rings. The highest BCUT2D eigenvalue weighted by molar-refractivity contribution is 9.10. The molecule has 2 N–H and O–H groups in total. The average molecular weight is 311 g/mol. The smallest absolute Gasteiger partial charge is 0.148 e. The zero-order valence-corrected chi connectivity index (χ0v) is 11.4. The maximum absolute atomic E-state index is 13.1. The van der Waals surface area contributed by atoms with Gasteiger partial charge < -0.3 is 10.6 Å². The second kappa shape index (κ2) is 5.30. The van der Waals surface area contributed by atoms with Gasteiger partial charge in [0.1, 0.15) is 28.3 Å². The molecule has 0 aliphatic carbocycles. The van der Waals surface area contributed by atoms with Crippen molar-refractivity contribution in [1.82, 2.24) is 9.97 Å². The molecule has 0 bridgehead atoms. The number of anilines is 2. The Morgan fingerprint density at radius 1 is 1.39 bits per heavy atom. The van der Waals surface area contributed by atoms with E-state index in [1.54, 1.807) is 6.07 Å². The quantitative estimate of drug-likeness (QED) is 0.946. The number of halogens is 2. The average Bonchev–Trinajstić information content (AvgIpc) is 2.32. The van der Waals surface area contributed by atoms with E-state index in [9.17, 15) is 4.39 Å². The first-order chi connectivity index (χ1) is 8.58. The fourth-order valence-corrected chi connectivity index (χ4v) is 2.13. The Hall–Kier alpha value is -1.69. The van der Waals surface area contributed by atoms with E-state index < -0.39 is 0 Å². The van der Waals surface area contributed by atoms with Gasteiger partial charge in [0.15, 0.2) is 0 Å². The summed E-state index contributed by atoms with van der Waals surface area (Å²) in [5.74, 6) is 0.806. The van der Waals surface area contributed by atoms with Crippen LogP contribution in [0.4, 0.5) is 16.0 Å². The van der Waals surface area contributed by atoms with Gasteiger partial charge in [-0.1, -0.05) is 12.1 Å². The zero-order valence-electron chi connectivity index (χ0n) is 9.77. The Balaban J connectivity index is 2.22. The molecule has 0 saturated heterocycles. The zero-order chi connectivity index (χ0) is 13.1. The van der Waals surface area contributed by atoms with E-state index in [2.05, 4.69) is 25.9 Å². The summed E-state index contributed by atoms with van der Waals surface area (Å²) in [6, 6.07) is 6.46. The molecule has 0 spiro atoms. The van der Waals surface area contributed by atoms with E-state index in [4.69, 9.17) is 5.73 Å². The highest BCUT2D eigenvalue weighted by Gasteiger charge is 2.11. The third-order valence-corrected chi connectivity index (χ3v) is 3.23. The van der Waals surface area contributed by atoms with Crippen molar-refractivity contribution < 1.29 is 4.39 Å². The van der Waals surface area contributed by atoms with Crippen molar-refractivity contribution in [1.29, 1.82) is 0 Å². The van der Waals surface area contributed by atoms with Gasteiger partial charge in [-0.25, -0.2) is 14.4 Å². The SMILES string of the molecule is CN(Cc1cccc(F)c1)c1ncnc(N)c1Br. The second-order valence-corrected chi connectivity index (χ2v) is 4.68. The molecule has 1 heterocycles. The summed E-state index contributed by atoms with van der Waals surface area (Å²) in [7, 11) is 1.86. The molecular weight excluding hydrogens is 299 g/mol. The van der Waals surface area contributed by atoms with Gasteiger partial charge in [0, 0.05) is 13.6 Å². The molecule has 0 fully saturated rings. The van der Waals surface area contributed by atoms with E-state index in [1.165, 1.54) is 18.5 Å². The van der Waals surface area contributed by atoms with Crippen molar-refractivity contribution in [2.45, 2.75) is 6.54 Å². The summed E-state index contributed by atoms with van der Waals surface area (Å²) in [5.41, 5.74) is 6.55. The van der Waals surface area contributed by atoms with E-state index >= 15 is 0 Å². The van der Waals surface area contributed by atoms with Crippen molar-refractivity contribution in [2.75, 3.05) is 17.7 Å². The molecule has 18 heavy (non-hydrogen) atoms. The summed E-state index contributed by atoms with van der Waals surface area (Å²) < 4.78 is 13.7. The van der Waals surface area contributed by atoms with Crippen molar-refractivity contribution >= 4 is 27.6 Å². The summed E-state index contributed by atoms with van der Waals surface area (Å²) in [4.78, 5) is 9.90. The first-order valence-electron chi connectivity index (χ1n) is 5.29. The van der Waals surface area contributed by atoms with Crippen LogP contribution in [0.25, 0.3) is 0 Å². The topological polar surface area (TPSA) is 55.0 Å². The number of nitrogens with two attached hydrogens (primary N) is 1. The minimum Gasteiger partial charge on any atom is -0.383 e. The number of benzene rings is 1. The minimum absolute atomic E-state index is 0.248. The first-order valence-corrected chi connectivity index (χ1v) is 6.09. The predicted molar refractivity (Wildman–Crippen MR) is 72.7 cm³/mol. The van der Waals surface area contributed by atoms with Gasteiger partial charge in [0.2, 0.25) is 0 Å². The van der Waals surface area contributed by atoms with E-state index in [1.807, 2.05) is 18.0 Å². The maximum Gasteiger partial charge on any atom is 0.148 e. The Morgan fingerprint density at radius 3 is 2.89 bits per heavy atom. The standard InChI is InChI=1S/C12H12BrFN4/c1-18(6-8-3-2-4-9(14)5-8)12-10(13)11(15)16-7-17-12/h2-5,7H,6H2,1H3,(H2,15,16,17). The maximum atomic E-state index is 13.1. The fraction of sp³-hybridized carbons (Fsp3) is 0.167. The molecule has 1 aromatic carbocycles. The Kier molecular flexibility index (Phi) is 3.76. The van der Waals surface area contributed by atoms with Crippen LogP contribution in [0.15, 0.2) is 35.1 Å². The molecule has 1 aromatic heterocycles. The molecule has 0 saturated carbocycles. The molecule has 2 aromatic rings. The van der Waals surface area contributed by atoms with Crippen LogP contribution in [0, 0.1) is 5.82 Å².